The van der Waals surface area contributed by atoms with Crippen molar-refractivity contribution in [3.63, 3.8) is 0 Å². The third-order valence-electron chi connectivity index (χ3n) is 5.98. The van der Waals surface area contributed by atoms with Crippen molar-refractivity contribution >= 4 is 6.03 Å². The average Bonchev–Trinajstić information content (AvgIpc) is 3.12. The van der Waals surface area contributed by atoms with Gasteiger partial charge in [-0.05, 0) is 31.1 Å². The van der Waals surface area contributed by atoms with E-state index in [0.717, 1.165) is 36.8 Å². The van der Waals surface area contributed by atoms with Gasteiger partial charge >= 0.3 is 12.2 Å². The fourth-order valence-corrected chi connectivity index (χ4v) is 4.70. The molecule has 2 fully saturated rings. The van der Waals surface area contributed by atoms with Crippen LogP contribution in [-0.4, -0.2) is 33.8 Å². The number of urea groups is 1. The van der Waals surface area contributed by atoms with Gasteiger partial charge in [0, 0.05) is 31.9 Å². The fourth-order valence-electron chi connectivity index (χ4n) is 4.70. The lowest BCUT2D eigenvalue weighted by Gasteiger charge is -2.39. The monoisotopic (exact) mass is 372 g/mol. The summed E-state index contributed by atoms with van der Waals surface area (Å²) >= 11 is 0. The first-order valence-electron chi connectivity index (χ1n) is 9.33. The standard InChI is InChI=1S/C18H27F3N4O/c1-24(11-13-12-25(2)23-15(13)18(19,20)21)16(26)22-14-7-6-10-17(14)8-4-3-5-9-17/h12,14H,3-11H2,1-2H3,(H,22,26)/t14-/m0/s1. The maximum atomic E-state index is 13.1. The molecule has 1 aromatic heterocycles. The van der Waals surface area contributed by atoms with Crippen molar-refractivity contribution in [2.24, 2.45) is 12.5 Å². The third-order valence-corrected chi connectivity index (χ3v) is 5.98. The van der Waals surface area contributed by atoms with Crippen LogP contribution >= 0.6 is 0 Å². The molecule has 2 saturated carbocycles. The first-order valence-corrected chi connectivity index (χ1v) is 9.33. The van der Waals surface area contributed by atoms with Crippen LogP contribution in [0, 0.1) is 5.41 Å². The smallest absolute Gasteiger partial charge is 0.335 e. The second-order valence-corrected chi connectivity index (χ2v) is 7.85. The molecule has 8 heteroatoms. The zero-order valence-corrected chi connectivity index (χ0v) is 15.4. The largest absolute Gasteiger partial charge is 0.435 e. The molecule has 1 N–H and O–H groups in total. The Hall–Kier alpha value is -1.73. The van der Waals surface area contributed by atoms with Gasteiger partial charge in [-0.15, -0.1) is 0 Å². The van der Waals surface area contributed by atoms with Crippen LogP contribution in [0.15, 0.2) is 6.20 Å². The van der Waals surface area contributed by atoms with Gasteiger partial charge in [0.05, 0.1) is 6.54 Å². The molecular formula is C18H27F3N4O. The van der Waals surface area contributed by atoms with Gasteiger partial charge in [-0.1, -0.05) is 25.7 Å². The molecule has 5 nitrogen and oxygen atoms in total. The molecule has 1 atom stereocenters. The maximum Gasteiger partial charge on any atom is 0.435 e. The quantitative estimate of drug-likeness (QED) is 0.869. The van der Waals surface area contributed by atoms with E-state index < -0.39 is 11.9 Å². The van der Waals surface area contributed by atoms with E-state index in [1.165, 1.54) is 44.5 Å². The number of alkyl halides is 3. The summed E-state index contributed by atoms with van der Waals surface area (Å²) in [5, 5.41) is 6.60. The number of rotatable bonds is 3. The molecule has 0 unspecified atom stereocenters. The Bertz CT molecular complexity index is 649. The minimum Gasteiger partial charge on any atom is -0.335 e. The molecule has 0 radical (unpaired) electrons. The van der Waals surface area contributed by atoms with Crippen molar-refractivity contribution in [2.75, 3.05) is 7.05 Å². The van der Waals surface area contributed by atoms with E-state index in [1.54, 1.807) is 0 Å². The predicted molar refractivity (Wildman–Crippen MR) is 91.4 cm³/mol. The third kappa shape index (κ3) is 3.83. The molecule has 2 aliphatic carbocycles. The second kappa shape index (κ2) is 7.12. The van der Waals surface area contributed by atoms with Crippen LogP contribution in [0.5, 0.6) is 0 Å². The first-order chi connectivity index (χ1) is 12.2. The first kappa shape index (κ1) is 19.0. The van der Waals surface area contributed by atoms with Crippen molar-refractivity contribution in [2.45, 2.75) is 70.1 Å². The summed E-state index contributed by atoms with van der Waals surface area (Å²) in [5.74, 6) is 0. The van der Waals surface area contributed by atoms with Crippen LogP contribution < -0.4 is 5.32 Å². The highest BCUT2D eigenvalue weighted by Gasteiger charge is 2.44. The highest BCUT2D eigenvalue weighted by molar-refractivity contribution is 5.74. The fraction of sp³-hybridized carbons (Fsp3) is 0.778. The molecule has 26 heavy (non-hydrogen) atoms. The van der Waals surface area contributed by atoms with Crippen molar-refractivity contribution in [1.29, 1.82) is 0 Å². The molecule has 146 valence electrons. The Kier molecular flexibility index (Phi) is 5.21. The van der Waals surface area contributed by atoms with Crippen LogP contribution in [0.3, 0.4) is 0 Å². The number of halogens is 3. The second-order valence-electron chi connectivity index (χ2n) is 7.85. The van der Waals surface area contributed by atoms with Crippen molar-refractivity contribution in [3.05, 3.63) is 17.5 Å². The van der Waals surface area contributed by atoms with E-state index in [-0.39, 0.29) is 29.6 Å². The summed E-state index contributed by atoms with van der Waals surface area (Å²) in [6.07, 6.45) is 5.95. The van der Waals surface area contributed by atoms with Crippen molar-refractivity contribution in [1.82, 2.24) is 20.0 Å². The average molecular weight is 372 g/mol. The van der Waals surface area contributed by atoms with Crippen LogP contribution in [0.1, 0.15) is 62.6 Å². The summed E-state index contributed by atoms with van der Waals surface area (Å²) in [7, 11) is 2.98. The molecule has 3 rings (SSSR count). The highest BCUT2D eigenvalue weighted by Crippen LogP contribution is 2.49. The number of carbonyl (C=O) groups is 1. The normalized spacial score (nSPS) is 22.6. The van der Waals surface area contributed by atoms with Crippen LogP contribution in [0.4, 0.5) is 18.0 Å². The number of hydrogen-bond donors (Lipinski definition) is 1. The van der Waals surface area contributed by atoms with Gasteiger partial charge in [-0.25, -0.2) is 4.79 Å². The van der Waals surface area contributed by atoms with E-state index in [4.69, 9.17) is 0 Å². The van der Waals surface area contributed by atoms with Gasteiger partial charge in [0.1, 0.15) is 0 Å². The Morgan fingerprint density at radius 1 is 1.31 bits per heavy atom. The van der Waals surface area contributed by atoms with E-state index in [0.29, 0.717) is 0 Å². The molecule has 0 saturated heterocycles. The molecule has 2 amide bonds. The lowest BCUT2D eigenvalue weighted by Crippen LogP contribution is -2.49. The SMILES string of the molecule is CN(Cc1cn(C)nc1C(F)(F)F)C(=O)N[C@H]1CCCC12CCCCC2. The van der Waals surface area contributed by atoms with Gasteiger partial charge in [0.25, 0.3) is 0 Å². The Balaban J connectivity index is 1.65. The van der Waals surface area contributed by atoms with Gasteiger partial charge < -0.3 is 10.2 Å². The van der Waals surface area contributed by atoms with Crippen molar-refractivity contribution < 1.29 is 18.0 Å². The lowest BCUT2D eigenvalue weighted by atomic mass is 9.70. The Morgan fingerprint density at radius 3 is 2.62 bits per heavy atom. The molecule has 1 spiro atoms. The van der Waals surface area contributed by atoms with Crippen LogP contribution in [0.2, 0.25) is 0 Å². The molecule has 0 bridgehead atoms. The maximum absolute atomic E-state index is 13.1. The predicted octanol–water partition coefficient (Wildman–Crippen LogP) is 4.08. The minimum absolute atomic E-state index is 0.0106. The minimum atomic E-state index is -4.52. The molecule has 1 aromatic rings. The van der Waals surface area contributed by atoms with E-state index in [2.05, 4.69) is 10.4 Å². The Morgan fingerprint density at radius 2 is 1.96 bits per heavy atom. The topological polar surface area (TPSA) is 50.2 Å². The van der Waals surface area contributed by atoms with Crippen LogP contribution in [-0.2, 0) is 19.8 Å². The number of amides is 2. The van der Waals surface area contributed by atoms with Gasteiger partial charge in [-0.2, -0.15) is 18.3 Å². The molecule has 0 aromatic carbocycles. The number of nitrogens with one attached hydrogen (secondary N) is 1. The summed E-state index contributed by atoms with van der Waals surface area (Å²) in [6, 6.07) is -0.174. The number of nitrogens with zero attached hydrogens (tertiary/aromatic N) is 3. The molecule has 2 aliphatic rings. The van der Waals surface area contributed by atoms with E-state index in [1.807, 2.05) is 0 Å². The Labute approximate surface area is 151 Å². The summed E-state index contributed by atoms with van der Waals surface area (Å²) in [6.45, 7) is -0.117. The van der Waals surface area contributed by atoms with Gasteiger partial charge in [0.2, 0.25) is 0 Å². The molecule has 0 aliphatic heterocycles. The van der Waals surface area contributed by atoms with Crippen molar-refractivity contribution in [3.8, 4) is 0 Å². The number of carbonyl (C=O) groups excluding carboxylic acids is 1. The number of aryl methyl sites for hydroxylation is 1. The zero-order valence-electron chi connectivity index (χ0n) is 15.4. The highest BCUT2D eigenvalue weighted by atomic mass is 19.4. The lowest BCUT2D eigenvalue weighted by molar-refractivity contribution is -0.142. The van der Waals surface area contributed by atoms with E-state index >= 15 is 0 Å². The number of hydrogen-bond acceptors (Lipinski definition) is 2. The summed E-state index contributed by atoms with van der Waals surface area (Å²) in [5.41, 5.74) is -0.721. The number of aromatic nitrogens is 2. The van der Waals surface area contributed by atoms with Gasteiger partial charge in [0.15, 0.2) is 5.69 Å². The van der Waals surface area contributed by atoms with Gasteiger partial charge in [-0.3, -0.25) is 4.68 Å². The molecule has 1 heterocycles. The van der Waals surface area contributed by atoms with E-state index in [9.17, 15) is 18.0 Å². The van der Waals surface area contributed by atoms with Crippen LogP contribution in [0.25, 0.3) is 0 Å². The summed E-state index contributed by atoms with van der Waals surface area (Å²) < 4.78 is 40.4. The zero-order chi connectivity index (χ0) is 18.9. The molecular weight excluding hydrogens is 345 g/mol. The summed E-state index contributed by atoms with van der Waals surface area (Å²) in [4.78, 5) is 13.9.